The first kappa shape index (κ1) is 14.3. The highest BCUT2D eigenvalue weighted by Crippen LogP contribution is 2.37. The van der Waals surface area contributed by atoms with Gasteiger partial charge in [-0.15, -0.1) is 0 Å². The van der Waals surface area contributed by atoms with Crippen LogP contribution in [0.3, 0.4) is 0 Å². The quantitative estimate of drug-likeness (QED) is 0.795. The Labute approximate surface area is 117 Å². The van der Waals surface area contributed by atoms with E-state index < -0.39 is 5.54 Å². The number of ether oxygens (including phenoxy) is 1. The third kappa shape index (κ3) is 3.27. The minimum Gasteiger partial charge on any atom is -0.468 e. The summed E-state index contributed by atoms with van der Waals surface area (Å²) in [6.45, 7) is 2.77. The predicted octanol–water partition coefficient (Wildman–Crippen LogP) is 1.36. The minimum atomic E-state index is -0.542. The van der Waals surface area contributed by atoms with E-state index in [2.05, 4.69) is 20.5 Å². The van der Waals surface area contributed by atoms with Crippen molar-refractivity contribution in [2.24, 2.45) is 0 Å². The van der Waals surface area contributed by atoms with E-state index in [1.165, 1.54) is 13.4 Å². The molecule has 0 radical (unpaired) electrons. The Balaban J connectivity index is 2.06. The number of aromatic nitrogens is 3. The van der Waals surface area contributed by atoms with Gasteiger partial charge in [0.05, 0.1) is 7.11 Å². The number of likely N-dealkylation sites (N-methyl/N-ethyl adjacent to an activating group) is 1. The molecule has 19 heavy (non-hydrogen) atoms. The Morgan fingerprint density at radius 1 is 1.74 bits per heavy atom. The van der Waals surface area contributed by atoms with Crippen LogP contribution in [-0.2, 0) is 9.53 Å². The fraction of sp³-hybridized carbons (Fsp3) is 0.750. The van der Waals surface area contributed by atoms with Gasteiger partial charge in [-0.05, 0) is 32.2 Å². The first-order valence-corrected chi connectivity index (χ1v) is 7.43. The lowest BCUT2D eigenvalue weighted by Gasteiger charge is -2.38. The maximum absolute atomic E-state index is 12.1. The summed E-state index contributed by atoms with van der Waals surface area (Å²) >= 11 is 1.65. The van der Waals surface area contributed by atoms with Gasteiger partial charge in [-0.2, -0.15) is 5.10 Å². The van der Waals surface area contributed by atoms with Crippen LogP contribution in [0.25, 0.3) is 0 Å². The van der Waals surface area contributed by atoms with E-state index in [0.29, 0.717) is 5.25 Å². The summed E-state index contributed by atoms with van der Waals surface area (Å²) in [6.07, 6.45) is 5.19. The van der Waals surface area contributed by atoms with Crippen molar-refractivity contribution in [2.75, 3.05) is 13.7 Å². The van der Waals surface area contributed by atoms with Gasteiger partial charge in [0.1, 0.15) is 11.9 Å². The lowest BCUT2D eigenvalue weighted by molar-refractivity contribution is -0.150. The number of hydrogen-bond acceptors (Lipinski definition) is 6. The van der Waals surface area contributed by atoms with Crippen molar-refractivity contribution in [1.29, 1.82) is 0 Å². The molecule has 106 valence electrons. The van der Waals surface area contributed by atoms with Crippen molar-refractivity contribution >= 4 is 17.7 Å². The highest BCUT2D eigenvalue weighted by atomic mass is 32.2. The molecule has 2 rings (SSSR count). The van der Waals surface area contributed by atoms with Crippen LogP contribution in [0.1, 0.15) is 32.6 Å². The van der Waals surface area contributed by atoms with Gasteiger partial charge in [-0.3, -0.25) is 9.89 Å². The fourth-order valence-corrected chi connectivity index (χ4v) is 3.87. The normalized spacial score (nSPS) is 27.2. The molecule has 1 saturated carbocycles. The molecule has 6 nitrogen and oxygen atoms in total. The molecule has 0 spiro atoms. The van der Waals surface area contributed by atoms with Crippen molar-refractivity contribution in [3.05, 3.63) is 6.33 Å². The minimum absolute atomic E-state index is 0.155. The van der Waals surface area contributed by atoms with Gasteiger partial charge >= 0.3 is 5.97 Å². The molecule has 2 atom stereocenters. The Bertz CT molecular complexity index is 408. The topological polar surface area (TPSA) is 79.9 Å². The first-order valence-electron chi connectivity index (χ1n) is 6.55. The monoisotopic (exact) mass is 284 g/mol. The highest BCUT2D eigenvalue weighted by Gasteiger charge is 2.43. The van der Waals surface area contributed by atoms with Gasteiger partial charge in [0.2, 0.25) is 0 Å². The van der Waals surface area contributed by atoms with Crippen LogP contribution in [0.4, 0.5) is 0 Å². The number of carbonyl (C=O) groups is 1. The van der Waals surface area contributed by atoms with Gasteiger partial charge in [-0.25, -0.2) is 4.98 Å². The smallest absolute Gasteiger partial charge is 0.326 e. The van der Waals surface area contributed by atoms with Gasteiger partial charge in [0, 0.05) is 5.25 Å². The van der Waals surface area contributed by atoms with Crippen LogP contribution in [0, 0.1) is 0 Å². The van der Waals surface area contributed by atoms with Crippen molar-refractivity contribution < 1.29 is 9.53 Å². The number of H-pyrrole nitrogens is 1. The molecule has 1 aliphatic carbocycles. The molecule has 1 aromatic heterocycles. The van der Waals surface area contributed by atoms with Crippen molar-refractivity contribution in [3.8, 4) is 0 Å². The number of esters is 1. The van der Waals surface area contributed by atoms with E-state index in [0.717, 1.165) is 37.4 Å². The van der Waals surface area contributed by atoms with E-state index in [9.17, 15) is 4.79 Å². The summed E-state index contributed by atoms with van der Waals surface area (Å²) in [7, 11) is 1.45. The van der Waals surface area contributed by atoms with E-state index in [4.69, 9.17) is 4.74 Å². The molecule has 0 aliphatic heterocycles. The van der Waals surface area contributed by atoms with Crippen LogP contribution < -0.4 is 5.32 Å². The number of thioether (sulfide) groups is 1. The molecular weight excluding hydrogens is 264 g/mol. The molecule has 7 heteroatoms. The van der Waals surface area contributed by atoms with E-state index in [-0.39, 0.29) is 5.97 Å². The number of methoxy groups -OCH3 is 1. The molecule has 0 bridgehead atoms. The number of hydrogen-bond donors (Lipinski definition) is 2. The average molecular weight is 284 g/mol. The summed E-state index contributed by atoms with van der Waals surface area (Å²) in [6, 6.07) is 0. The molecular formula is C12H20N4O2S. The summed E-state index contributed by atoms with van der Waals surface area (Å²) in [5.41, 5.74) is -0.542. The second-order valence-electron chi connectivity index (χ2n) is 4.73. The van der Waals surface area contributed by atoms with Gasteiger partial charge in [-0.1, -0.05) is 18.7 Å². The fourth-order valence-electron chi connectivity index (χ4n) is 2.69. The molecule has 1 fully saturated rings. The Hall–Kier alpha value is -1.08. The van der Waals surface area contributed by atoms with E-state index in [1.807, 2.05) is 6.92 Å². The maximum atomic E-state index is 12.1. The third-order valence-corrected chi connectivity index (χ3v) is 4.62. The second-order valence-corrected chi connectivity index (χ2v) is 6.02. The third-order valence-electron chi connectivity index (χ3n) is 3.47. The molecule has 1 heterocycles. The molecule has 1 aromatic rings. The zero-order valence-corrected chi connectivity index (χ0v) is 12.1. The summed E-state index contributed by atoms with van der Waals surface area (Å²) in [5.74, 6) is -0.155. The van der Waals surface area contributed by atoms with Crippen molar-refractivity contribution in [1.82, 2.24) is 20.5 Å². The SMILES string of the molecule is CCNC1(C(=O)OC)CCCC(Sc2ncn[nH]2)C1. The standard InChI is InChI=1S/C12H20N4O2S/c1-3-14-12(10(17)18-2)6-4-5-9(7-12)19-11-13-8-15-16-11/h8-9,14H,3-7H2,1-2H3,(H,13,15,16). The van der Waals surface area contributed by atoms with Crippen molar-refractivity contribution in [3.63, 3.8) is 0 Å². The molecule has 0 aromatic carbocycles. The molecule has 0 saturated heterocycles. The van der Waals surface area contributed by atoms with Crippen LogP contribution >= 0.6 is 11.8 Å². The van der Waals surface area contributed by atoms with Gasteiger partial charge < -0.3 is 10.1 Å². The first-order chi connectivity index (χ1) is 9.20. The highest BCUT2D eigenvalue weighted by molar-refractivity contribution is 7.99. The van der Waals surface area contributed by atoms with Gasteiger partial charge in [0.15, 0.2) is 5.16 Å². The van der Waals surface area contributed by atoms with Crippen LogP contribution in [0.2, 0.25) is 0 Å². The number of carbonyl (C=O) groups excluding carboxylic acids is 1. The molecule has 1 aliphatic rings. The van der Waals surface area contributed by atoms with Crippen LogP contribution in [0.15, 0.2) is 11.5 Å². The molecule has 2 unspecified atom stereocenters. The molecule has 2 N–H and O–H groups in total. The summed E-state index contributed by atoms with van der Waals surface area (Å²) in [5, 5.41) is 11.2. The van der Waals surface area contributed by atoms with Crippen molar-refractivity contribution in [2.45, 2.75) is 48.6 Å². The predicted molar refractivity (Wildman–Crippen MR) is 72.9 cm³/mol. The summed E-state index contributed by atoms with van der Waals surface area (Å²) in [4.78, 5) is 16.2. The second kappa shape index (κ2) is 6.38. The zero-order chi connectivity index (χ0) is 13.7. The van der Waals surface area contributed by atoms with Gasteiger partial charge in [0.25, 0.3) is 0 Å². The van der Waals surface area contributed by atoms with E-state index >= 15 is 0 Å². The average Bonchev–Trinajstić information content (AvgIpc) is 2.91. The molecule has 0 amide bonds. The van der Waals surface area contributed by atoms with Crippen LogP contribution in [-0.4, -0.2) is 45.6 Å². The Morgan fingerprint density at radius 2 is 2.58 bits per heavy atom. The number of aromatic amines is 1. The lowest BCUT2D eigenvalue weighted by Crippen LogP contribution is -2.56. The Morgan fingerprint density at radius 3 is 3.21 bits per heavy atom. The van der Waals surface area contributed by atoms with Crippen LogP contribution in [0.5, 0.6) is 0 Å². The Kier molecular flexibility index (Phi) is 4.81. The number of rotatable bonds is 5. The van der Waals surface area contributed by atoms with E-state index in [1.54, 1.807) is 11.8 Å². The number of nitrogens with zero attached hydrogens (tertiary/aromatic N) is 2. The lowest BCUT2D eigenvalue weighted by atomic mass is 9.81. The largest absolute Gasteiger partial charge is 0.468 e. The zero-order valence-electron chi connectivity index (χ0n) is 11.3. The number of nitrogens with one attached hydrogen (secondary N) is 2. The summed E-state index contributed by atoms with van der Waals surface area (Å²) < 4.78 is 4.98. The maximum Gasteiger partial charge on any atom is 0.326 e.